The molecule has 0 aliphatic rings. The lowest BCUT2D eigenvalue weighted by Gasteiger charge is -2.14. The van der Waals surface area contributed by atoms with Gasteiger partial charge in [0.25, 0.3) is 0 Å². The number of carbonyl (C=O) groups excluding carboxylic acids is 1. The van der Waals surface area contributed by atoms with Crippen molar-refractivity contribution in [3.05, 3.63) is 31.4 Å². The van der Waals surface area contributed by atoms with Gasteiger partial charge in [-0.15, -0.1) is 11.3 Å². The van der Waals surface area contributed by atoms with Crippen LogP contribution < -0.4 is 4.90 Å². The summed E-state index contributed by atoms with van der Waals surface area (Å²) in [6, 6.07) is 2.11. The second kappa shape index (κ2) is 6.63. The zero-order chi connectivity index (χ0) is 13.8. The highest BCUT2D eigenvalue weighted by Gasteiger charge is 2.13. The van der Waals surface area contributed by atoms with Crippen LogP contribution in [0.1, 0.15) is 34.3 Å². The lowest BCUT2D eigenvalue weighted by Crippen LogP contribution is -2.15. The highest BCUT2D eigenvalue weighted by atomic mass is 79.9. The third kappa shape index (κ3) is 3.64. The number of aryl methyl sites for hydroxylation is 1. The van der Waals surface area contributed by atoms with Gasteiger partial charge >= 0.3 is 0 Å². The van der Waals surface area contributed by atoms with Crippen molar-refractivity contribution in [3.63, 3.8) is 0 Å². The van der Waals surface area contributed by atoms with Crippen molar-refractivity contribution in [1.82, 2.24) is 4.98 Å². The molecule has 0 aromatic carbocycles. The van der Waals surface area contributed by atoms with E-state index in [0.717, 1.165) is 45.2 Å². The van der Waals surface area contributed by atoms with Crippen molar-refractivity contribution in [2.24, 2.45) is 0 Å². The number of aldehydes is 1. The maximum atomic E-state index is 11.0. The largest absolute Gasteiger partial charge is 0.347 e. The van der Waals surface area contributed by atoms with Gasteiger partial charge in [0.2, 0.25) is 0 Å². The Bertz CT molecular complexity index is 565. The number of carbonyl (C=O) groups is 1. The third-order valence-electron chi connectivity index (χ3n) is 2.68. The van der Waals surface area contributed by atoms with Crippen LogP contribution in [0.3, 0.4) is 0 Å². The van der Waals surface area contributed by atoms with Crippen molar-refractivity contribution in [3.8, 4) is 0 Å². The first-order valence-corrected chi connectivity index (χ1v) is 8.52. The van der Waals surface area contributed by atoms with E-state index in [9.17, 15) is 4.79 Å². The van der Waals surface area contributed by atoms with Crippen LogP contribution in [0.4, 0.5) is 5.13 Å². The fourth-order valence-electron chi connectivity index (χ4n) is 1.79. The molecule has 19 heavy (non-hydrogen) atoms. The Morgan fingerprint density at radius 3 is 2.89 bits per heavy atom. The van der Waals surface area contributed by atoms with Gasteiger partial charge in [0.1, 0.15) is 0 Å². The summed E-state index contributed by atoms with van der Waals surface area (Å²) in [7, 11) is 2.01. The Morgan fingerprint density at radius 1 is 1.53 bits per heavy atom. The molecule has 0 radical (unpaired) electrons. The topological polar surface area (TPSA) is 33.2 Å². The van der Waals surface area contributed by atoms with Crippen LogP contribution in [0.5, 0.6) is 0 Å². The summed E-state index contributed by atoms with van der Waals surface area (Å²) in [4.78, 5) is 18.5. The van der Waals surface area contributed by atoms with E-state index in [1.54, 1.807) is 11.3 Å². The second-order valence-corrected chi connectivity index (χ2v) is 7.59. The van der Waals surface area contributed by atoms with Crippen molar-refractivity contribution in [2.75, 3.05) is 11.9 Å². The molecule has 0 bridgehead atoms. The number of halogens is 1. The Balaban J connectivity index is 2.14. The van der Waals surface area contributed by atoms with Crippen LogP contribution in [-0.2, 0) is 13.0 Å². The lowest BCUT2D eigenvalue weighted by molar-refractivity contribution is 0.112. The van der Waals surface area contributed by atoms with Crippen molar-refractivity contribution < 1.29 is 4.79 Å². The predicted molar refractivity (Wildman–Crippen MR) is 85.6 cm³/mol. The minimum absolute atomic E-state index is 0.759. The average molecular weight is 359 g/mol. The maximum Gasteiger partial charge on any atom is 0.186 e. The van der Waals surface area contributed by atoms with Gasteiger partial charge in [0, 0.05) is 13.6 Å². The number of rotatable bonds is 6. The van der Waals surface area contributed by atoms with E-state index < -0.39 is 0 Å². The molecule has 0 N–H and O–H groups in total. The fraction of sp³-hybridized carbons (Fsp3) is 0.385. The first-order chi connectivity index (χ1) is 9.13. The van der Waals surface area contributed by atoms with Crippen molar-refractivity contribution >= 4 is 50.0 Å². The molecule has 0 spiro atoms. The minimum atomic E-state index is 0.759. The smallest absolute Gasteiger partial charge is 0.186 e. The number of anilines is 1. The van der Waals surface area contributed by atoms with E-state index in [2.05, 4.69) is 44.2 Å². The number of thiazole rings is 1. The molecule has 0 atom stereocenters. The second-order valence-electron chi connectivity index (χ2n) is 4.29. The normalized spacial score (nSPS) is 10.7. The molecule has 6 heteroatoms. The molecule has 2 aromatic rings. The molecule has 0 saturated heterocycles. The number of thiophene rings is 1. The summed E-state index contributed by atoms with van der Waals surface area (Å²) < 4.78 is 1.13. The van der Waals surface area contributed by atoms with Gasteiger partial charge < -0.3 is 4.90 Å². The first-order valence-electron chi connectivity index (χ1n) is 6.03. The van der Waals surface area contributed by atoms with Crippen LogP contribution in [0.25, 0.3) is 0 Å². The van der Waals surface area contributed by atoms with Gasteiger partial charge in [-0.05, 0) is 39.4 Å². The van der Waals surface area contributed by atoms with Crippen LogP contribution in [0.2, 0.25) is 0 Å². The molecule has 2 heterocycles. The summed E-state index contributed by atoms with van der Waals surface area (Å²) in [5.41, 5.74) is 2.18. The first kappa shape index (κ1) is 14.7. The van der Waals surface area contributed by atoms with Crippen LogP contribution >= 0.6 is 38.6 Å². The van der Waals surface area contributed by atoms with Crippen LogP contribution in [0.15, 0.2) is 15.2 Å². The zero-order valence-electron chi connectivity index (χ0n) is 10.9. The third-order valence-corrected chi connectivity index (χ3v) is 5.37. The molecule has 3 nitrogen and oxygen atoms in total. The molecular weight excluding hydrogens is 344 g/mol. The van der Waals surface area contributed by atoms with Gasteiger partial charge in [-0.1, -0.05) is 24.7 Å². The zero-order valence-corrected chi connectivity index (χ0v) is 14.1. The molecule has 0 saturated carbocycles. The van der Waals surface area contributed by atoms with Gasteiger partial charge in [-0.3, -0.25) is 4.79 Å². The summed E-state index contributed by atoms with van der Waals surface area (Å²) >= 11 is 6.62. The Kier molecular flexibility index (Phi) is 5.13. The van der Waals surface area contributed by atoms with Crippen molar-refractivity contribution in [2.45, 2.75) is 26.3 Å². The molecule has 0 aliphatic heterocycles. The van der Waals surface area contributed by atoms with E-state index in [1.165, 1.54) is 16.9 Å². The minimum Gasteiger partial charge on any atom is -0.347 e. The van der Waals surface area contributed by atoms with E-state index in [1.807, 2.05) is 7.05 Å². The van der Waals surface area contributed by atoms with Gasteiger partial charge in [0.05, 0.1) is 14.4 Å². The number of nitrogens with zero attached hydrogens (tertiary/aromatic N) is 2. The Hall–Kier alpha value is -0.720. The summed E-state index contributed by atoms with van der Waals surface area (Å²) in [6.45, 7) is 2.90. The van der Waals surface area contributed by atoms with Crippen LogP contribution in [0, 0.1) is 0 Å². The SMILES string of the molecule is CCCc1nc(N(C)Cc2csc(Br)c2)sc1C=O. The average Bonchev–Trinajstić information content (AvgIpc) is 2.96. The number of hydrogen-bond donors (Lipinski definition) is 0. The molecule has 102 valence electrons. The van der Waals surface area contributed by atoms with E-state index >= 15 is 0 Å². The van der Waals surface area contributed by atoms with Gasteiger partial charge in [-0.2, -0.15) is 0 Å². The fourth-order valence-corrected chi connectivity index (χ4v) is 3.88. The molecule has 0 amide bonds. The summed E-state index contributed by atoms with van der Waals surface area (Å²) in [5.74, 6) is 0. The molecule has 2 rings (SSSR count). The lowest BCUT2D eigenvalue weighted by atomic mass is 10.2. The molecule has 0 aliphatic carbocycles. The summed E-state index contributed by atoms with van der Waals surface area (Å²) in [5, 5.41) is 3.04. The number of hydrogen-bond acceptors (Lipinski definition) is 5. The molecular formula is C13H15BrN2OS2. The highest BCUT2D eigenvalue weighted by molar-refractivity contribution is 9.11. The molecule has 0 unspecified atom stereocenters. The predicted octanol–water partition coefficient (Wildman–Crippen LogP) is 4.37. The maximum absolute atomic E-state index is 11.0. The van der Waals surface area contributed by atoms with E-state index in [0.29, 0.717) is 0 Å². The molecule has 2 aromatic heterocycles. The Morgan fingerprint density at radius 2 is 2.32 bits per heavy atom. The van der Waals surface area contributed by atoms with Gasteiger partial charge in [-0.25, -0.2) is 4.98 Å². The molecule has 0 fully saturated rings. The number of aromatic nitrogens is 1. The summed E-state index contributed by atoms with van der Waals surface area (Å²) in [6.07, 6.45) is 2.79. The highest BCUT2D eigenvalue weighted by Crippen LogP contribution is 2.28. The van der Waals surface area contributed by atoms with E-state index in [-0.39, 0.29) is 0 Å². The standard InChI is InChI=1S/C13H15BrN2OS2/c1-3-4-10-11(7-17)19-13(15-10)16(2)6-9-5-12(14)18-8-9/h5,7-8H,3-4,6H2,1-2H3. The van der Waals surface area contributed by atoms with Crippen LogP contribution in [-0.4, -0.2) is 18.3 Å². The van der Waals surface area contributed by atoms with Crippen molar-refractivity contribution in [1.29, 1.82) is 0 Å². The van der Waals surface area contributed by atoms with Gasteiger partial charge in [0.15, 0.2) is 11.4 Å². The van der Waals surface area contributed by atoms with E-state index in [4.69, 9.17) is 0 Å². The Labute approximate surface area is 129 Å². The quantitative estimate of drug-likeness (QED) is 0.718. The monoisotopic (exact) mass is 358 g/mol.